The van der Waals surface area contributed by atoms with Crippen molar-refractivity contribution in [2.45, 2.75) is 37.6 Å². The van der Waals surface area contributed by atoms with Crippen LogP contribution in [0.15, 0.2) is 41.3 Å². The first-order chi connectivity index (χ1) is 12.7. The van der Waals surface area contributed by atoms with Gasteiger partial charge in [-0.1, -0.05) is 23.7 Å². The smallest absolute Gasteiger partial charge is 0.251 e. The van der Waals surface area contributed by atoms with Crippen LogP contribution in [0.3, 0.4) is 0 Å². The zero-order valence-corrected chi connectivity index (χ0v) is 17.1. The van der Waals surface area contributed by atoms with Gasteiger partial charge >= 0.3 is 0 Å². The van der Waals surface area contributed by atoms with Crippen molar-refractivity contribution in [3.63, 3.8) is 0 Å². The predicted octanol–water partition coefficient (Wildman–Crippen LogP) is 3.75. The minimum Gasteiger partial charge on any atom is -0.345 e. The summed E-state index contributed by atoms with van der Waals surface area (Å²) in [6, 6.07) is 10.5. The Bertz CT molecular complexity index is 967. The molecule has 0 aromatic heterocycles. The molecule has 0 unspecified atom stereocenters. The van der Waals surface area contributed by atoms with E-state index in [2.05, 4.69) is 10.0 Å². The Morgan fingerprint density at radius 1 is 1.15 bits per heavy atom. The molecule has 3 rings (SSSR count). The quantitative estimate of drug-likeness (QED) is 0.767. The van der Waals surface area contributed by atoms with Crippen molar-refractivity contribution in [2.75, 3.05) is 7.05 Å². The van der Waals surface area contributed by atoms with Gasteiger partial charge in [-0.05, 0) is 80.6 Å². The lowest BCUT2D eigenvalue weighted by molar-refractivity contribution is 0.0931. The fourth-order valence-electron chi connectivity index (χ4n) is 3.14. The summed E-state index contributed by atoms with van der Waals surface area (Å²) in [5.74, 6) is 0.111. The predicted molar refractivity (Wildman–Crippen MR) is 107 cm³/mol. The van der Waals surface area contributed by atoms with Crippen LogP contribution in [0.1, 0.15) is 45.9 Å². The van der Waals surface area contributed by atoms with Crippen LogP contribution in [0.25, 0.3) is 0 Å². The Balaban J connectivity index is 1.92. The first kappa shape index (κ1) is 19.9. The number of aryl methyl sites for hydroxylation is 1. The summed E-state index contributed by atoms with van der Waals surface area (Å²) in [4.78, 5) is 13.0. The molecule has 0 spiro atoms. The van der Waals surface area contributed by atoms with Crippen molar-refractivity contribution >= 4 is 27.5 Å². The zero-order chi connectivity index (χ0) is 19.8. The summed E-state index contributed by atoms with van der Waals surface area (Å²) in [6.45, 7) is 3.54. The van der Waals surface area contributed by atoms with E-state index in [-0.39, 0.29) is 16.8 Å². The van der Waals surface area contributed by atoms with Gasteiger partial charge in [0, 0.05) is 10.6 Å². The van der Waals surface area contributed by atoms with Crippen LogP contribution < -0.4 is 10.0 Å². The second-order valence-corrected chi connectivity index (χ2v) is 9.26. The molecule has 144 valence electrons. The molecule has 0 saturated heterocycles. The largest absolute Gasteiger partial charge is 0.345 e. The number of sulfonamides is 1. The highest BCUT2D eigenvalue weighted by Gasteiger charge is 2.34. The van der Waals surface area contributed by atoms with Gasteiger partial charge in [0.05, 0.1) is 10.9 Å². The van der Waals surface area contributed by atoms with E-state index in [1.165, 1.54) is 13.1 Å². The highest BCUT2D eigenvalue weighted by molar-refractivity contribution is 7.89. The van der Waals surface area contributed by atoms with Crippen molar-refractivity contribution in [3.8, 4) is 0 Å². The Kier molecular flexibility index (Phi) is 5.60. The number of benzene rings is 2. The van der Waals surface area contributed by atoms with Crippen molar-refractivity contribution in [1.29, 1.82) is 0 Å². The highest BCUT2D eigenvalue weighted by Crippen LogP contribution is 2.41. The molecule has 1 aliphatic carbocycles. The minimum absolute atomic E-state index is 0.110. The number of carbonyl (C=O) groups excluding carboxylic acids is 1. The molecule has 1 aliphatic rings. The maximum atomic E-state index is 12.9. The molecule has 1 atom stereocenters. The van der Waals surface area contributed by atoms with Crippen LogP contribution >= 0.6 is 11.6 Å². The average Bonchev–Trinajstić information content (AvgIpc) is 3.47. The van der Waals surface area contributed by atoms with Crippen molar-refractivity contribution in [1.82, 2.24) is 10.0 Å². The fraction of sp³-hybridized carbons (Fsp3) is 0.350. The molecule has 0 bridgehead atoms. The number of carbonyl (C=O) groups is 1. The summed E-state index contributed by atoms with van der Waals surface area (Å²) in [5.41, 5.74) is 2.73. The third-order valence-electron chi connectivity index (χ3n) is 5.05. The Labute approximate surface area is 165 Å². The molecule has 0 aliphatic heterocycles. The van der Waals surface area contributed by atoms with Crippen LogP contribution in [-0.4, -0.2) is 21.4 Å². The minimum atomic E-state index is -3.64. The molecule has 1 fully saturated rings. The van der Waals surface area contributed by atoms with Crippen LogP contribution in [0, 0.1) is 19.8 Å². The molecule has 0 radical (unpaired) electrons. The summed E-state index contributed by atoms with van der Waals surface area (Å²) in [6.07, 6.45) is 2.11. The molecular formula is C20H23ClN2O3S. The van der Waals surface area contributed by atoms with Gasteiger partial charge in [-0.15, -0.1) is 0 Å². The first-order valence-corrected chi connectivity index (χ1v) is 10.7. The zero-order valence-electron chi connectivity index (χ0n) is 15.5. The monoisotopic (exact) mass is 406 g/mol. The number of hydrogen-bond acceptors (Lipinski definition) is 3. The van der Waals surface area contributed by atoms with Crippen LogP contribution in [-0.2, 0) is 10.0 Å². The lowest BCUT2D eigenvalue weighted by Gasteiger charge is -2.20. The molecule has 1 saturated carbocycles. The Morgan fingerprint density at radius 3 is 2.33 bits per heavy atom. The van der Waals surface area contributed by atoms with E-state index in [4.69, 9.17) is 11.6 Å². The molecule has 5 nitrogen and oxygen atoms in total. The number of rotatable bonds is 6. The van der Waals surface area contributed by atoms with E-state index in [9.17, 15) is 13.2 Å². The second kappa shape index (κ2) is 7.62. The first-order valence-electron chi connectivity index (χ1n) is 8.84. The molecule has 27 heavy (non-hydrogen) atoms. The van der Waals surface area contributed by atoms with Gasteiger partial charge in [-0.2, -0.15) is 0 Å². The number of amides is 1. The van der Waals surface area contributed by atoms with Gasteiger partial charge in [0.25, 0.3) is 5.91 Å². The third kappa shape index (κ3) is 4.34. The number of halogens is 1. The van der Waals surface area contributed by atoms with Crippen molar-refractivity contribution < 1.29 is 13.2 Å². The van der Waals surface area contributed by atoms with Gasteiger partial charge in [0.2, 0.25) is 10.0 Å². The van der Waals surface area contributed by atoms with E-state index in [0.717, 1.165) is 24.0 Å². The maximum Gasteiger partial charge on any atom is 0.251 e. The van der Waals surface area contributed by atoms with Gasteiger partial charge in [-0.3, -0.25) is 4.79 Å². The Hall–Kier alpha value is -1.89. The lowest BCUT2D eigenvalue weighted by atomic mass is 10.0. The summed E-state index contributed by atoms with van der Waals surface area (Å²) < 4.78 is 26.9. The van der Waals surface area contributed by atoms with E-state index in [1.54, 1.807) is 19.9 Å². The van der Waals surface area contributed by atoms with E-state index < -0.39 is 10.0 Å². The SMILES string of the molecule is CNS(=O)(=O)c1cc(C(=O)N[C@@H](c2ccc(Cl)cc2)C2CC2)cc(C)c1C. The maximum absolute atomic E-state index is 12.9. The fourth-order valence-corrected chi connectivity index (χ4v) is 4.34. The molecular weight excluding hydrogens is 384 g/mol. The molecule has 0 heterocycles. The molecule has 2 N–H and O–H groups in total. The molecule has 2 aromatic carbocycles. The van der Waals surface area contributed by atoms with Crippen LogP contribution in [0.4, 0.5) is 0 Å². The molecule has 1 amide bonds. The topological polar surface area (TPSA) is 75.3 Å². The Morgan fingerprint density at radius 2 is 1.78 bits per heavy atom. The highest BCUT2D eigenvalue weighted by atomic mass is 35.5. The van der Waals surface area contributed by atoms with Gasteiger partial charge in [0.1, 0.15) is 0 Å². The second-order valence-electron chi connectivity index (χ2n) is 6.96. The number of nitrogens with one attached hydrogen (secondary N) is 2. The van der Waals surface area contributed by atoms with Crippen LogP contribution in [0.5, 0.6) is 0 Å². The van der Waals surface area contributed by atoms with E-state index in [0.29, 0.717) is 22.1 Å². The average molecular weight is 407 g/mol. The summed E-state index contributed by atoms with van der Waals surface area (Å²) in [7, 11) is -2.28. The molecule has 7 heteroatoms. The van der Waals surface area contributed by atoms with E-state index >= 15 is 0 Å². The van der Waals surface area contributed by atoms with Crippen LogP contribution in [0.2, 0.25) is 5.02 Å². The normalized spacial score (nSPS) is 15.4. The summed E-state index contributed by atoms with van der Waals surface area (Å²) in [5, 5.41) is 3.73. The lowest BCUT2D eigenvalue weighted by Crippen LogP contribution is -2.30. The van der Waals surface area contributed by atoms with Gasteiger partial charge in [0.15, 0.2) is 0 Å². The standard InChI is InChI=1S/C20H23ClN2O3S/c1-12-10-16(11-18(13(12)2)27(25,26)22-3)20(24)23-19(14-4-5-14)15-6-8-17(21)9-7-15/h6-11,14,19,22H,4-5H2,1-3H3,(H,23,24)/t19-/m1/s1. The summed E-state index contributed by atoms with van der Waals surface area (Å²) >= 11 is 5.97. The van der Waals surface area contributed by atoms with Crippen molar-refractivity contribution in [3.05, 3.63) is 63.7 Å². The van der Waals surface area contributed by atoms with Crippen molar-refractivity contribution in [2.24, 2.45) is 5.92 Å². The van der Waals surface area contributed by atoms with E-state index in [1.807, 2.05) is 24.3 Å². The van der Waals surface area contributed by atoms with Gasteiger partial charge < -0.3 is 5.32 Å². The number of hydrogen-bond donors (Lipinski definition) is 2. The molecule has 2 aromatic rings. The third-order valence-corrected chi connectivity index (χ3v) is 6.84. The van der Waals surface area contributed by atoms with Gasteiger partial charge in [-0.25, -0.2) is 13.1 Å².